The van der Waals surface area contributed by atoms with Crippen molar-refractivity contribution >= 4 is 5.78 Å². The first-order chi connectivity index (χ1) is 15.3. The number of hydrogen-bond acceptors (Lipinski definition) is 4. The molecule has 0 aromatic heterocycles. The Morgan fingerprint density at radius 2 is 1.23 bits per heavy atom. The van der Waals surface area contributed by atoms with E-state index in [0.29, 0.717) is 25.4 Å². The Morgan fingerprint density at radius 3 is 1.71 bits per heavy atom. The van der Waals surface area contributed by atoms with Gasteiger partial charge in [-0.25, -0.2) is 0 Å². The minimum Gasteiger partial charge on any atom is -0.494 e. The molecule has 3 aromatic carbocycles. The Labute approximate surface area is 184 Å². The monoisotopic (exact) mass is 418 g/mol. The summed E-state index contributed by atoms with van der Waals surface area (Å²) in [7, 11) is 0. The Hall–Kier alpha value is -2.95. The van der Waals surface area contributed by atoms with Crippen molar-refractivity contribution in [2.75, 3.05) is 19.8 Å². The van der Waals surface area contributed by atoms with Crippen LogP contribution in [0, 0.1) is 0 Å². The quantitative estimate of drug-likeness (QED) is 0.271. The highest BCUT2D eigenvalue weighted by Crippen LogP contribution is 2.16. The summed E-state index contributed by atoms with van der Waals surface area (Å²) in [6.45, 7) is 3.52. The van der Waals surface area contributed by atoms with Crippen molar-refractivity contribution < 1.29 is 19.0 Å². The second-order valence-electron chi connectivity index (χ2n) is 7.28. The molecule has 0 amide bonds. The summed E-state index contributed by atoms with van der Waals surface area (Å²) in [5.41, 5.74) is 2.87. The lowest BCUT2D eigenvalue weighted by Crippen LogP contribution is -2.29. The van der Waals surface area contributed by atoms with E-state index in [4.69, 9.17) is 14.2 Å². The topological polar surface area (TPSA) is 44.8 Å². The number of benzene rings is 3. The van der Waals surface area contributed by atoms with Crippen LogP contribution in [0.2, 0.25) is 0 Å². The molecule has 162 valence electrons. The van der Waals surface area contributed by atoms with E-state index >= 15 is 0 Å². The lowest BCUT2D eigenvalue weighted by Gasteiger charge is -2.18. The van der Waals surface area contributed by atoms with E-state index in [-0.39, 0.29) is 5.78 Å². The van der Waals surface area contributed by atoms with Gasteiger partial charge in [0.2, 0.25) is 12.1 Å². The second kappa shape index (κ2) is 12.7. The summed E-state index contributed by atoms with van der Waals surface area (Å²) < 4.78 is 17.4. The van der Waals surface area contributed by atoms with Crippen LogP contribution in [0.5, 0.6) is 5.75 Å². The number of rotatable bonds is 13. The van der Waals surface area contributed by atoms with Gasteiger partial charge in [0.1, 0.15) is 5.75 Å². The van der Waals surface area contributed by atoms with E-state index in [1.165, 1.54) is 0 Å². The maximum absolute atomic E-state index is 13.1. The number of carbonyl (C=O) groups is 1. The van der Waals surface area contributed by atoms with Gasteiger partial charge >= 0.3 is 0 Å². The van der Waals surface area contributed by atoms with Crippen molar-refractivity contribution in [3.05, 3.63) is 102 Å². The summed E-state index contributed by atoms with van der Waals surface area (Å²) in [4.78, 5) is 13.1. The summed E-state index contributed by atoms with van der Waals surface area (Å²) in [6.07, 6.45) is 1.44. The van der Waals surface area contributed by atoms with Crippen molar-refractivity contribution in [1.82, 2.24) is 0 Å². The third-order valence-electron chi connectivity index (χ3n) is 4.83. The minimum atomic E-state index is -0.935. The normalized spacial score (nSPS) is 10.9. The Bertz CT molecular complexity index is 846. The average Bonchev–Trinajstić information content (AvgIpc) is 2.83. The third kappa shape index (κ3) is 7.67. The lowest BCUT2D eigenvalue weighted by molar-refractivity contribution is -0.112. The van der Waals surface area contributed by atoms with Gasteiger partial charge in [-0.15, -0.1) is 0 Å². The summed E-state index contributed by atoms with van der Waals surface area (Å²) >= 11 is 0. The molecule has 0 radical (unpaired) electrons. The molecule has 4 heteroatoms. The fourth-order valence-electron chi connectivity index (χ4n) is 3.13. The summed E-state index contributed by atoms with van der Waals surface area (Å²) in [5, 5.41) is 0. The molecule has 0 aliphatic rings. The van der Waals surface area contributed by atoms with Crippen LogP contribution in [0.3, 0.4) is 0 Å². The zero-order valence-corrected chi connectivity index (χ0v) is 18.0. The molecule has 0 spiro atoms. The van der Waals surface area contributed by atoms with E-state index in [1.54, 1.807) is 12.1 Å². The van der Waals surface area contributed by atoms with Gasteiger partial charge in [0.15, 0.2) is 0 Å². The van der Waals surface area contributed by atoms with Crippen LogP contribution in [-0.4, -0.2) is 31.9 Å². The van der Waals surface area contributed by atoms with Gasteiger partial charge in [0, 0.05) is 5.56 Å². The number of ketones is 1. The standard InChI is InChI=1S/C27H30O4/c1-2-19-29-25-15-13-24(14-16-25)26(28)27(30-20-17-22-9-5-3-6-10-22)31-21-18-23-11-7-4-8-12-23/h3-16,27H,2,17-21H2,1H3. The summed E-state index contributed by atoms with van der Waals surface area (Å²) in [6, 6.07) is 27.3. The molecular formula is C27H30O4. The van der Waals surface area contributed by atoms with Gasteiger partial charge in [0.05, 0.1) is 19.8 Å². The van der Waals surface area contributed by atoms with Crippen molar-refractivity contribution in [2.24, 2.45) is 0 Å². The van der Waals surface area contributed by atoms with E-state index < -0.39 is 6.29 Å². The highest BCUT2D eigenvalue weighted by molar-refractivity contribution is 5.98. The first kappa shape index (κ1) is 22.7. The van der Waals surface area contributed by atoms with Crippen LogP contribution in [-0.2, 0) is 22.3 Å². The maximum atomic E-state index is 13.1. The van der Waals surface area contributed by atoms with Crippen LogP contribution in [0.1, 0.15) is 34.8 Å². The molecule has 0 fully saturated rings. The third-order valence-corrected chi connectivity index (χ3v) is 4.83. The van der Waals surface area contributed by atoms with Crippen molar-refractivity contribution in [2.45, 2.75) is 32.5 Å². The molecule has 0 N–H and O–H groups in total. The molecule has 0 heterocycles. The molecule has 0 aliphatic heterocycles. The molecule has 0 atom stereocenters. The fourth-order valence-corrected chi connectivity index (χ4v) is 3.13. The molecular weight excluding hydrogens is 388 g/mol. The Morgan fingerprint density at radius 1 is 0.710 bits per heavy atom. The Balaban J connectivity index is 1.60. The number of carbonyl (C=O) groups excluding carboxylic acids is 1. The van der Waals surface area contributed by atoms with E-state index in [2.05, 4.69) is 6.92 Å². The van der Waals surface area contributed by atoms with Crippen molar-refractivity contribution in [1.29, 1.82) is 0 Å². The van der Waals surface area contributed by atoms with Crippen LogP contribution < -0.4 is 4.74 Å². The SMILES string of the molecule is CCCOc1ccc(C(=O)C(OCCc2ccccc2)OCCc2ccccc2)cc1. The molecule has 3 rings (SSSR count). The smallest absolute Gasteiger partial charge is 0.222 e. The number of ether oxygens (including phenoxy) is 3. The van der Waals surface area contributed by atoms with Crippen LogP contribution >= 0.6 is 0 Å². The molecule has 4 nitrogen and oxygen atoms in total. The predicted molar refractivity (Wildman–Crippen MR) is 123 cm³/mol. The first-order valence-electron chi connectivity index (χ1n) is 10.8. The van der Waals surface area contributed by atoms with Crippen LogP contribution in [0.25, 0.3) is 0 Å². The largest absolute Gasteiger partial charge is 0.494 e. The van der Waals surface area contributed by atoms with Gasteiger partial charge in [-0.3, -0.25) is 4.79 Å². The van der Waals surface area contributed by atoms with Gasteiger partial charge in [-0.05, 0) is 54.7 Å². The van der Waals surface area contributed by atoms with Crippen molar-refractivity contribution in [3.63, 3.8) is 0 Å². The molecule has 3 aromatic rings. The maximum Gasteiger partial charge on any atom is 0.222 e. The van der Waals surface area contributed by atoms with Crippen LogP contribution in [0.4, 0.5) is 0 Å². The van der Waals surface area contributed by atoms with Crippen molar-refractivity contribution in [3.8, 4) is 5.75 Å². The van der Waals surface area contributed by atoms with E-state index in [1.807, 2.05) is 72.8 Å². The predicted octanol–water partition coefficient (Wildman–Crippen LogP) is 5.50. The van der Waals surface area contributed by atoms with Crippen LogP contribution in [0.15, 0.2) is 84.9 Å². The zero-order chi connectivity index (χ0) is 21.7. The van der Waals surface area contributed by atoms with Gasteiger partial charge in [0.25, 0.3) is 0 Å². The highest BCUT2D eigenvalue weighted by Gasteiger charge is 2.22. The molecule has 0 unspecified atom stereocenters. The van der Waals surface area contributed by atoms with Gasteiger partial charge < -0.3 is 14.2 Å². The average molecular weight is 419 g/mol. The summed E-state index contributed by atoms with van der Waals surface area (Å²) in [5.74, 6) is 0.577. The van der Waals surface area contributed by atoms with Gasteiger partial charge in [-0.1, -0.05) is 67.6 Å². The number of Topliss-reactive ketones (excluding diaryl/α,β-unsaturated/α-hetero) is 1. The highest BCUT2D eigenvalue weighted by atomic mass is 16.7. The second-order valence-corrected chi connectivity index (χ2v) is 7.28. The first-order valence-corrected chi connectivity index (χ1v) is 10.8. The zero-order valence-electron chi connectivity index (χ0n) is 18.0. The Kier molecular flexibility index (Phi) is 9.30. The molecule has 0 saturated carbocycles. The molecule has 31 heavy (non-hydrogen) atoms. The molecule has 0 saturated heterocycles. The lowest BCUT2D eigenvalue weighted by atomic mass is 10.1. The van der Waals surface area contributed by atoms with Gasteiger partial charge in [-0.2, -0.15) is 0 Å². The molecule has 0 aliphatic carbocycles. The van der Waals surface area contributed by atoms with E-state index in [9.17, 15) is 4.79 Å². The molecule has 0 bridgehead atoms. The number of hydrogen-bond donors (Lipinski definition) is 0. The fraction of sp³-hybridized carbons (Fsp3) is 0.296. The van der Waals surface area contributed by atoms with E-state index in [0.717, 1.165) is 36.1 Å². The minimum absolute atomic E-state index is 0.178.